The molecule has 3 unspecified atom stereocenters. The standard InChI is InChI=1S/C65H113N2O6P/c1-6-8-10-12-14-16-18-20-22-24-26-28-29-30-31-32-33-34-35-36-37-39-41-43-45-47-49-51-53-55-57-59-65(69)66-63(62-73-74(70,71)72-61-60-67(3,4)5)64(68)58-56-54-52-50-48-46-44-42-40-38-27-25-23-21-19-17-15-13-11-9-7-2/h8,10,14,16,20,22,26,28,30-31,33-34,36-37,41,43,48,50,56,58,63-64,68H,6-7,9,11-13,15,17-19,21,23-25,27,29,32,35,38-40,42,44-47,49,51-55,57,59-62H2,1-5H3,(H-,66,69,70,71)/p+1/b10-8-,16-14-,22-20-,28-26-,31-30-,34-33-,37-36-,43-41-,50-48+,58-56+. The average Bonchev–Trinajstić information content (AvgIpc) is 3.36. The molecule has 0 saturated heterocycles. The second kappa shape index (κ2) is 54.7. The van der Waals surface area contributed by atoms with Gasteiger partial charge in [-0.15, -0.1) is 0 Å². The predicted octanol–water partition coefficient (Wildman–Crippen LogP) is 18.5. The highest BCUT2D eigenvalue weighted by Gasteiger charge is 2.27. The van der Waals surface area contributed by atoms with Crippen molar-refractivity contribution in [2.75, 3.05) is 40.9 Å². The van der Waals surface area contributed by atoms with Crippen molar-refractivity contribution in [3.63, 3.8) is 0 Å². The number of unbranched alkanes of at least 4 members (excludes halogenated alkanes) is 22. The maximum absolute atomic E-state index is 13.0. The van der Waals surface area contributed by atoms with Crippen molar-refractivity contribution >= 4 is 13.7 Å². The van der Waals surface area contributed by atoms with E-state index in [2.05, 4.69) is 129 Å². The number of phosphoric ester groups is 1. The molecular weight excluding hydrogens is 936 g/mol. The number of rotatable bonds is 53. The molecule has 0 radical (unpaired) electrons. The third kappa shape index (κ3) is 56.6. The van der Waals surface area contributed by atoms with Gasteiger partial charge in [-0.1, -0.05) is 251 Å². The van der Waals surface area contributed by atoms with Gasteiger partial charge < -0.3 is 19.8 Å². The summed E-state index contributed by atoms with van der Waals surface area (Å²) in [5.74, 6) is -0.206. The first-order valence-electron chi connectivity index (χ1n) is 29.9. The maximum Gasteiger partial charge on any atom is 0.472 e. The number of phosphoric acid groups is 1. The zero-order chi connectivity index (χ0) is 54.2. The van der Waals surface area contributed by atoms with Gasteiger partial charge in [-0.25, -0.2) is 4.57 Å². The Balaban J connectivity index is 4.31. The van der Waals surface area contributed by atoms with Crippen LogP contribution in [0.5, 0.6) is 0 Å². The lowest BCUT2D eigenvalue weighted by Crippen LogP contribution is -2.45. The SMILES string of the molecule is CC/C=C\C/C=C\C/C=C\C/C=C\C/C=C\C/C=C\C/C=C\C/C=C\CCCCCCCCC(=O)NC(COP(=O)(O)OCC[N+](C)(C)C)C(O)/C=C/CC/C=C/CCCCCCCCCCCCCCCCC. The molecule has 0 spiro atoms. The van der Waals surface area contributed by atoms with E-state index in [4.69, 9.17) is 9.05 Å². The van der Waals surface area contributed by atoms with Crippen LogP contribution in [0.3, 0.4) is 0 Å². The number of quaternary nitrogens is 1. The summed E-state index contributed by atoms with van der Waals surface area (Å²) in [7, 11) is 1.53. The van der Waals surface area contributed by atoms with E-state index in [-0.39, 0.29) is 19.1 Å². The molecule has 3 atom stereocenters. The summed E-state index contributed by atoms with van der Waals surface area (Å²) in [5.41, 5.74) is 0. The van der Waals surface area contributed by atoms with Crippen LogP contribution in [0.25, 0.3) is 0 Å². The Morgan fingerprint density at radius 3 is 1.24 bits per heavy atom. The first-order chi connectivity index (χ1) is 36.0. The van der Waals surface area contributed by atoms with Crippen molar-refractivity contribution < 1.29 is 32.9 Å². The first kappa shape index (κ1) is 70.9. The van der Waals surface area contributed by atoms with Gasteiger partial charge in [-0.2, -0.15) is 0 Å². The molecule has 0 saturated carbocycles. The van der Waals surface area contributed by atoms with E-state index in [0.717, 1.165) is 109 Å². The zero-order valence-electron chi connectivity index (χ0n) is 48.3. The monoisotopic (exact) mass is 1050 g/mol. The number of aliphatic hydroxyl groups is 1. The van der Waals surface area contributed by atoms with E-state index in [1.54, 1.807) is 6.08 Å². The molecule has 1 amide bonds. The Bertz CT molecular complexity index is 1620. The normalized spacial score (nSPS) is 14.7. The number of hydrogen-bond donors (Lipinski definition) is 3. The van der Waals surface area contributed by atoms with Crippen molar-refractivity contribution in [1.82, 2.24) is 5.32 Å². The topological polar surface area (TPSA) is 105 Å². The van der Waals surface area contributed by atoms with E-state index >= 15 is 0 Å². The van der Waals surface area contributed by atoms with Gasteiger partial charge in [0.2, 0.25) is 5.91 Å². The number of carbonyl (C=O) groups is 1. The van der Waals surface area contributed by atoms with Gasteiger partial charge in [0.05, 0.1) is 39.9 Å². The highest BCUT2D eigenvalue weighted by Crippen LogP contribution is 2.43. The van der Waals surface area contributed by atoms with Gasteiger partial charge in [0.1, 0.15) is 13.2 Å². The third-order valence-corrected chi connectivity index (χ3v) is 13.6. The number of likely N-dealkylation sites (N-methyl/N-ethyl adjacent to an activating group) is 1. The number of amides is 1. The van der Waals surface area contributed by atoms with Crippen molar-refractivity contribution in [3.8, 4) is 0 Å². The van der Waals surface area contributed by atoms with Crippen LogP contribution in [0.2, 0.25) is 0 Å². The van der Waals surface area contributed by atoms with Crippen LogP contribution < -0.4 is 5.32 Å². The summed E-state index contributed by atoms with van der Waals surface area (Å²) in [6, 6.07) is -0.881. The molecule has 0 rings (SSSR count). The average molecular weight is 1050 g/mol. The summed E-state index contributed by atoms with van der Waals surface area (Å²) in [5, 5.41) is 13.9. The quantitative estimate of drug-likeness (QED) is 0.0243. The van der Waals surface area contributed by atoms with Crippen LogP contribution in [-0.4, -0.2) is 73.4 Å². The van der Waals surface area contributed by atoms with Crippen molar-refractivity contribution in [2.45, 2.75) is 244 Å². The van der Waals surface area contributed by atoms with E-state index < -0.39 is 20.0 Å². The third-order valence-electron chi connectivity index (χ3n) is 12.7. The Morgan fingerprint density at radius 2 is 0.824 bits per heavy atom. The lowest BCUT2D eigenvalue weighted by molar-refractivity contribution is -0.870. The molecular formula is C65H114N2O6P+. The number of hydrogen-bond acceptors (Lipinski definition) is 5. The summed E-state index contributed by atoms with van der Waals surface area (Å²) in [6.45, 7) is 4.67. The Kier molecular flexibility index (Phi) is 52.4. The van der Waals surface area contributed by atoms with Crippen LogP contribution in [0.1, 0.15) is 232 Å². The number of nitrogens with zero attached hydrogens (tertiary/aromatic N) is 1. The summed E-state index contributed by atoms with van der Waals surface area (Å²) < 4.78 is 23.7. The maximum atomic E-state index is 13.0. The van der Waals surface area contributed by atoms with Gasteiger partial charge in [0.25, 0.3) is 0 Å². The molecule has 0 aromatic rings. The van der Waals surface area contributed by atoms with Gasteiger partial charge in [-0.3, -0.25) is 13.8 Å². The van der Waals surface area contributed by atoms with Crippen LogP contribution in [0.4, 0.5) is 0 Å². The Morgan fingerprint density at radius 1 is 0.473 bits per heavy atom. The van der Waals surface area contributed by atoms with E-state index in [9.17, 15) is 19.4 Å². The van der Waals surface area contributed by atoms with Crippen LogP contribution in [0.15, 0.2) is 122 Å². The molecule has 3 N–H and O–H groups in total. The fraction of sp³-hybridized carbons (Fsp3) is 0.677. The highest BCUT2D eigenvalue weighted by molar-refractivity contribution is 7.47. The number of nitrogens with one attached hydrogen (secondary N) is 1. The van der Waals surface area contributed by atoms with E-state index in [1.165, 1.54) is 103 Å². The molecule has 0 aromatic heterocycles. The molecule has 0 bridgehead atoms. The van der Waals surface area contributed by atoms with Gasteiger partial charge >= 0.3 is 7.82 Å². The number of carbonyl (C=O) groups excluding carboxylic acids is 1. The van der Waals surface area contributed by atoms with Gasteiger partial charge in [0.15, 0.2) is 0 Å². The molecule has 0 aliphatic carbocycles. The van der Waals surface area contributed by atoms with Crippen molar-refractivity contribution in [2.24, 2.45) is 0 Å². The highest BCUT2D eigenvalue weighted by atomic mass is 31.2. The molecule has 8 nitrogen and oxygen atoms in total. The van der Waals surface area contributed by atoms with Gasteiger partial charge in [0, 0.05) is 6.42 Å². The van der Waals surface area contributed by atoms with E-state index in [0.29, 0.717) is 17.4 Å². The fourth-order valence-corrected chi connectivity index (χ4v) is 8.75. The lowest BCUT2D eigenvalue weighted by Gasteiger charge is -2.25. The molecule has 0 fully saturated rings. The minimum absolute atomic E-state index is 0.0465. The second-order valence-corrected chi connectivity index (χ2v) is 22.4. The minimum Gasteiger partial charge on any atom is -0.387 e. The summed E-state index contributed by atoms with van der Waals surface area (Å²) in [4.78, 5) is 23.3. The fourth-order valence-electron chi connectivity index (χ4n) is 8.01. The Hall–Kier alpha value is -3.10. The van der Waals surface area contributed by atoms with Crippen LogP contribution >= 0.6 is 7.82 Å². The second-order valence-electron chi connectivity index (χ2n) is 21.0. The molecule has 0 heterocycles. The molecule has 74 heavy (non-hydrogen) atoms. The minimum atomic E-state index is -4.37. The summed E-state index contributed by atoms with van der Waals surface area (Å²) >= 11 is 0. The van der Waals surface area contributed by atoms with Crippen LogP contribution in [-0.2, 0) is 18.4 Å². The van der Waals surface area contributed by atoms with Gasteiger partial charge in [-0.05, 0) is 96.3 Å². The number of aliphatic hydroxyl groups excluding tert-OH is 1. The van der Waals surface area contributed by atoms with E-state index in [1.807, 2.05) is 27.2 Å². The molecule has 424 valence electrons. The molecule has 9 heteroatoms. The largest absolute Gasteiger partial charge is 0.472 e. The smallest absolute Gasteiger partial charge is 0.387 e. The zero-order valence-corrected chi connectivity index (χ0v) is 49.2. The summed E-state index contributed by atoms with van der Waals surface area (Å²) in [6.07, 6.45) is 81.6. The van der Waals surface area contributed by atoms with Crippen LogP contribution in [0, 0.1) is 0 Å². The van der Waals surface area contributed by atoms with Crippen molar-refractivity contribution in [1.29, 1.82) is 0 Å². The molecule has 0 aliphatic heterocycles. The lowest BCUT2D eigenvalue weighted by atomic mass is 10.0. The molecule has 0 aromatic carbocycles. The first-order valence-corrected chi connectivity index (χ1v) is 31.4. The molecule has 0 aliphatic rings. The van der Waals surface area contributed by atoms with Crippen molar-refractivity contribution in [3.05, 3.63) is 122 Å². The number of allylic oxidation sites excluding steroid dienone is 19. The Labute approximate surface area is 456 Å². The predicted molar refractivity (Wildman–Crippen MR) is 322 cm³/mol.